The van der Waals surface area contributed by atoms with Crippen LogP contribution in [0, 0.1) is 13.8 Å². The molecule has 0 saturated carbocycles. The lowest BCUT2D eigenvalue weighted by atomic mass is 10.1. The molecule has 188 valence electrons. The number of hydrogen-bond donors (Lipinski definition) is 1. The van der Waals surface area contributed by atoms with Crippen molar-refractivity contribution in [1.29, 1.82) is 0 Å². The molecule has 8 nitrogen and oxygen atoms in total. The van der Waals surface area contributed by atoms with E-state index in [0.29, 0.717) is 24.4 Å². The maximum atomic E-state index is 12.8. The SMILES string of the molecule is Cc1ccc(NC(=O)COc2ccc(/C=C3\SC(=O)N(CC(=O)N4CCCCC4)C3=O)cc2)c(C)c1. The Kier molecular flexibility index (Phi) is 8.10. The molecular weight excluding hydrogens is 478 g/mol. The Bertz CT molecular complexity index is 1200. The first-order valence-corrected chi connectivity index (χ1v) is 12.7. The van der Waals surface area contributed by atoms with Crippen LogP contribution in [0.2, 0.25) is 0 Å². The molecule has 9 heteroatoms. The summed E-state index contributed by atoms with van der Waals surface area (Å²) in [4.78, 5) is 52.9. The molecule has 0 bridgehead atoms. The zero-order chi connectivity index (χ0) is 25.7. The molecule has 2 aliphatic rings. The van der Waals surface area contributed by atoms with Crippen LogP contribution in [0.1, 0.15) is 36.0 Å². The average Bonchev–Trinajstić information content (AvgIpc) is 3.13. The molecule has 4 rings (SSSR count). The van der Waals surface area contributed by atoms with Gasteiger partial charge in [0.2, 0.25) is 5.91 Å². The van der Waals surface area contributed by atoms with Crippen molar-refractivity contribution in [3.63, 3.8) is 0 Å². The number of likely N-dealkylation sites (tertiary alicyclic amines) is 1. The number of piperidine rings is 1. The van der Waals surface area contributed by atoms with Crippen LogP contribution >= 0.6 is 11.8 Å². The van der Waals surface area contributed by atoms with Crippen LogP contribution in [0.15, 0.2) is 47.4 Å². The van der Waals surface area contributed by atoms with Crippen LogP contribution in [0.25, 0.3) is 6.08 Å². The maximum absolute atomic E-state index is 12.8. The van der Waals surface area contributed by atoms with Crippen LogP contribution in [0.5, 0.6) is 5.75 Å². The minimum absolute atomic E-state index is 0.142. The number of nitrogens with zero attached hydrogens (tertiary/aromatic N) is 2. The van der Waals surface area contributed by atoms with Crippen LogP contribution < -0.4 is 10.1 Å². The first-order chi connectivity index (χ1) is 17.3. The van der Waals surface area contributed by atoms with Gasteiger partial charge in [-0.15, -0.1) is 0 Å². The lowest BCUT2D eigenvalue weighted by Gasteiger charge is -2.27. The topological polar surface area (TPSA) is 96.0 Å². The van der Waals surface area contributed by atoms with Crippen molar-refractivity contribution >= 4 is 46.5 Å². The van der Waals surface area contributed by atoms with Gasteiger partial charge in [-0.1, -0.05) is 29.8 Å². The highest BCUT2D eigenvalue weighted by Gasteiger charge is 2.37. The van der Waals surface area contributed by atoms with E-state index in [2.05, 4.69) is 5.32 Å². The molecule has 2 saturated heterocycles. The quantitative estimate of drug-likeness (QED) is 0.559. The lowest BCUT2D eigenvalue weighted by molar-refractivity contribution is -0.136. The Morgan fingerprint density at radius 2 is 1.75 bits per heavy atom. The number of nitrogens with one attached hydrogen (secondary N) is 1. The fourth-order valence-corrected chi connectivity index (χ4v) is 4.95. The minimum Gasteiger partial charge on any atom is -0.484 e. The molecule has 4 amide bonds. The summed E-state index contributed by atoms with van der Waals surface area (Å²) in [6.07, 6.45) is 4.61. The summed E-state index contributed by atoms with van der Waals surface area (Å²) in [5.74, 6) is -0.415. The summed E-state index contributed by atoms with van der Waals surface area (Å²) in [7, 11) is 0. The number of rotatable bonds is 7. The Hall–Kier alpha value is -3.59. The van der Waals surface area contributed by atoms with E-state index < -0.39 is 11.1 Å². The second-order valence-corrected chi connectivity index (χ2v) is 9.93. The van der Waals surface area contributed by atoms with E-state index in [1.165, 1.54) is 0 Å². The molecule has 0 aliphatic carbocycles. The molecule has 2 aromatic carbocycles. The molecule has 0 atom stereocenters. The minimum atomic E-state index is -0.459. The number of anilines is 1. The van der Waals surface area contributed by atoms with Gasteiger partial charge in [0.05, 0.1) is 4.91 Å². The van der Waals surface area contributed by atoms with E-state index >= 15 is 0 Å². The van der Waals surface area contributed by atoms with Crippen molar-refractivity contribution in [3.05, 3.63) is 64.1 Å². The highest BCUT2D eigenvalue weighted by Crippen LogP contribution is 2.32. The van der Waals surface area contributed by atoms with Gasteiger partial charge in [-0.05, 0) is 80.3 Å². The summed E-state index contributed by atoms with van der Waals surface area (Å²) in [5, 5.41) is 2.40. The third-order valence-corrected chi connectivity index (χ3v) is 6.99. The van der Waals surface area contributed by atoms with E-state index in [4.69, 9.17) is 4.74 Å². The van der Waals surface area contributed by atoms with Gasteiger partial charge < -0.3 is 15.0 Å². The van der Waals surface area contributed by atoms with Gasteiger partial charge in [-0.3, -0.25) is 24.1 Å². The van der Waals surface area contributed by atoms with Gasteiger partial charge in [0, 0.05) is 18.8 Å². The molecule has 0 radical (unpaired) electrons. The maximum Gasteiger partial charge on any atom is 0.294 e. The molecule has 1 N–H and O–H groups in total. The molecule has 2 aliphatic heterocycles. The van der Waals surface area contributed by atoms with Crippen LogP contribution in [0.4, 0.5) is 10.5 Å². The van der Waals surface area contributed by atoms with Crippen molar-refractivity contribution in [2.75, 3.05) is 31.6 Å². The number of hydrogen-bond acceptors (Lipinski definition) is 6. The van der Waals surface area contributed by atoms with Crippen LogP contribution in [-0.2, 0) is 14.4 Å². The van der Waals surface area contributed by atoms with E-state index in [9.17, 15) is 19.2 Å². The third-order valence-electron chi connectivity index (χ3n) is 6.08. The summed E-state index contributed by atoms with van der Waals surface area (Å²) >= 11 is 0.830. The fourth-order valence-electron chi connectivity index (χ4n) is 4.12. The summed E-state index contributed by atoms with van der Waals surface area (Å²) in [5.41, 5.74) is 3.55. The number of aryl methyl sites for hydroxylation is 2. The summed E-state index contributed by atoms with van der Waals surface area (Å²) in [6.45, 7) is 4.91. The molecule has 0 aromatic heterocycles. The average molecular weight is 508 g/mol. The zero-order valence-electron chi connectivity index (χ0n) is 20.4. The van der Waals surface area contributed by atoms with Gasteiger partial charge >= 0.3 is 0 Å². The van der Waals surface area contributed by atoms with Crippen molar-refractivity contribution in [2.24, 2.45) is 0 Å². The third kappa shape index (κ3) is 6.34. The Labute approximate surface area is 214 Å². The van der Waals surface area contributed by atoms with Gasteiger partial charge in [0.1, 0.15) is 12.3 Å². The number of amides is 4. The Balaban J connectivity index is 1.31. The standard InChI is InChI=1S/C27H29N3O5S/c1-18-6-11-22(19(2)14-18)28-24(31)17-35-21-9-7-20(8-10-21)15-23-26(33)30(27(34)36-23)16-25(32)29-12-4-3-5-13-29/h6-11,14-15H,3-5,12-13,16-17H2,1-2H3,(H,28,31)/b23-15-. The van der Waals surface area contributed by atoms with Crippen LogP contribution in [-0.4, -0.2) is 59.0 Å². The van der Waals surface area contributed by atoms with E-state index in [1.54, 1.807) is 35.2 Å². The van der Waals surface area contributed by atoms with Gasteiger partial charge in [-0.2, -0.15) is 0 Å². The highest BCUT2D eigenvalue weighted by atomic mass is 32.2. The lowest BCUT2D eigenvalue weighted by Crippen LogP contribution is -2.44. The smallest absolute Gasteiger partial charge is 0.294 e. The Morgan fingerprint density at radius 3 is 2.44 bits per heavy atom. The van der Waals surface area contributed by atoms with Gasteiger partial charge in [-0.25, -0.2) is 0 Å². The van der Waals surface area contributed by atoms with Gasteiger partial charge in [0.15, 0.2) is 6.61 Å². The normalized spacial score (nSPS) is 17.0. The largest absolute Gasteiger partial charge is 0.484 e. The van der Waals surface area contributed by atoms with Gasteiger partial charge in [0.25, 0.3) is 17.1 Å². The number of thioether (sulfide) groups is 1. The van der Waals surface area contributed by atoms with Crippen LogP contribution in [0.3, 0.4) is 0 Å². The fraction of sp³-hybridized carbons (Fsp3) is 0.333. The van der Waals surface area contributed by atoms with Crippen molar-refractivity contribution in [2.45, 2.75) is 33.1 Å². The second kappa shape index (κ2) is 11.4. The van der Waals surface area contributed by atoms with E-state index in [-0.39, 0.29) is 29.9 Å². The number of ether oxygens (including phenoxy) is 1. The van der Waals surface area contributed by atoms with Crippen molar-refractivity contribution in [3.8, 4) is 5.75 Å². The molecule has 0 unspecified atom stereocenters. The first-order valence-electron chi connectivity index (χ1n) is 11.9. The van der Waals surface area contributed by atoms with Crippen molar-refractivity contribution in [1.82, 2.24) is 9.80 Å². The monoisotopic (exact) mass is 507 g/mol. The number of benzene rings is 2. The van der Waals surface area contributed by atoms with Crippen molar-refractivity contribution < 1.29 is 23.9 Å². The Morgan fingerprint density at radius 1 is 1.03 bits per heavy atom. The highest BCUT2D eigenvalue weighted by molar-refractivity contribution is 8.18. The number of carbonyl (C=O) groups is 4. The van der Waals surface area contributed by atoms with E-state index in [1.807, 2.05) is 32.0 Å². The molecule has 2 aromatic rings. The van der Waals surface area contributed by atoms with E-state index in [0.717, 1.165) is 52.7 Å². The molecular formula is C27H29N3O5S. The molecule has 0 spiro atoms. The summed E-state index contributed by atoms with van der Waals surface area (Å²) in [6, 6.07) is 12.7. The zero-order valence-corrected chi connectivity index (χ0v) is 21.2. The predicted octanol–water partition coefficient (Wildman–Crippen LogP) is 4.37. The number of imide groups is 1. The second-order valence-electron chi connectivity index (χ2n) is 8.93. The molecule has 2 heterocycles. The molecule has 2 fully saturated rings. The summed E-state index contributed by atoms with van der Waals surface area (Å²) < 4.78 is 5.58. The first kappa shape index (κ1) is 25.5. The molecule has 36 heavy (non-hydrogen) atoms. The predicted molar refractivity (Wildman–Crippen MR) is 140 cm³/mol. The number of carbonyl (C=O) groups excluding carboxylic acids is 4.